The average molecular weight is 301 g/mol. The van der Waals surface area contributed by atoms with Gasteiger partial charge in [0, 0.05) is 33.2 Å². The van der Waals surface area contributed by atoms with Crippen molar-refractivity contribution in [3.8, 4) is 0 Å². The van der Waals surface area contributed by atoms with Crippen molar-refractivity contribution in [3.63, 3.8) is 0 Å². The number of nitrogens with zero attached hydrogens (tertiary/aromatic N) is 3. The molecule has 2 heterocycles. The van der Waals surface area contributed by atoms with Gasteiger partial charge in [-0.1, -0.05) is 0 Å². The van der Waals surface area contributed by atoms with Crippen molar-refractivity contribution < 1.29 is 13.2 Å². The molecule has 0 spiro atoms. The molecule has 2 rings (SSSR count). The van der Waals surface area contributed by atoms with E-state index in [-0.39, 0.29) is 17.5 Å². The van der Waals surface area contributed by atoms with Crippen LogP contribution >= 0.6 is 0 Å². The maximum absolute atomic E-state index is 12.2. The number of likely N-dealkylation sites (N-methyl/N-ethyl adjacent to an activating group) is 1. The molecule has 8 nitrogen and oxygen atoms in total. The van der Waals surface area contributed by atoms with Gasteiger partial charge in [-0.2, -0.15) is 4.31 Å². The number of aryl methyl sites for hydroxylation is 1. The van der Waals surface area contributed by atoms with E-state index in [4.69, 9.17) is 0 Å². The number of carbonyl (C=O) groups excluding carboxylic acids is 1. The van der Waals surface area contributed by atoms with Crippen LogP contribution < -0.4 is 5.32 Å². The van der Waals surface area contributed by atoms with Gasteiger partial charge >= 0.3 is 0 Å². The van der Waals surface area contributed by atoms with Crippen molar-refractivity contribution in [2.75, 3.05) is 39.8 Å². The highest BCUT2D eigenvalue weighted by atomic mass is 32.2. The first-order valence-electron chi connectivity index (χ1n) is 6.37. The SMILES string of the molecule is Cc1ncc(S(=O)(=O)N(C)CC(=O)N2CCNCC2)[nH]1. The molecule has 1 aromatic rings. The topological polar surface area (TPSA) is 98.4 Å². The van der Waals surface area contributed by atoms with Crippen LogP contribution in [-0.4, -0.2) is 73.3 Å². The molecule has 0 bridgehead atoms. The Kier molecular flexibility index (Phi) is 4.41. The zero-order valence-corrected chi connectivity index (χ0v) is 12.4. The molecule has 0 saturated carbocycles. The van der Waals surface area contributed by atoms with Gasteiger partial charge in [-0.25, -0.2) is 13.4 Å². The van der Waals surface area contributed by atoms with Crippen LogP contribution in [0.2, 0.25) is 0 Å². The van der Waals surface area contributed by atoms with Crippen LogP contribution in [0.25, 0.3) is 0 Å². The fourth-order valence-corrected chi connectivity index (χ4v) is 3.07. The zero-order chi connectivity index (χ0) is 14.8. The second kappa shape index (κ2) is 5.90. The van der Waals surface area contributed by atoms with Crippen molar-refractivity contribution in [1.82, 2.24) is 24.5 Å². The number of nitrogens with one attached hydrogen (secondary N) is 2. The van der Waals surface area contributed by atoms with E-state index in [1.165, 1.54) is 13.2 Å². The normalized spacial score (nSPS) is 16.6. The molecule has 1 saturated heterocycles. The lowest BCUT2D eigenvalue weighted by Gasteiger charge is -2.28. The summed E-state index contributed by atoms with van der Waals surface area (Å²) in [5.41, 5.74) is 0. The quantitative estimate of drug-likeness (QED) is 0.725. The predicted molar refractivity (Wildman–Crippen MR) is 72.6 cm³/mol. The molecule has 112 valence electrons. The largest absolute Gasteiger partial charge is 0.339 e. The Morgan fingerprint density at radius 3 is 2.65 bits per heavy atom. The number of piperazine rings is 1. The van der Waals surface area contributed by atoms with E-state index in [2.05, 4.69) is 15.3 Å². The Labute approximate surface area is 118 Å². The monoisotopic (exact) mass is 301 g/mol. The minimum absolute atomic E-state index is 0.00520. The van der Waals surface area contributed by atoms with E-state index < -0.39 is 10.0 Å². The van der Waals surface area contributed by atoms with E-state index in [1.807, 2.05) is 0 Å². The molecule has 1 aliphatic heterocycles. The molecule has 0 unspecified atom stereocenters. The molecule has 9 heteroatoms. The fraction of sp³-hybridized carbons (Fsp3) is 0.636. The number of aromatic amines is 1. The molecular weight excluding hydrogens is 282 g/mol. The van der Waals surface area contributed by atoms with Crippen molar-refractivity contribution >= 4 is 15.9 Å². The van der Waals surface area contributed by atoms with Gasteiger partial charge in [0.15, 0.2) is 5.03 Å². The number of amides is 1. The highest BCUT2D eigenvalue weighted by molar-refractivity contribution is 7.89. The Bertz CT molecular complexity index is 577. The fourth-order valence-electron chi connectivity index (χ4n) is 1.99. The summed E-state index contributed by atoms with van der Waals surface area (Å²) in [6.07, 6.45) is 1.26. The van der Waals surface area contributed by atoms with Gasteiger partial charge in [-0.05, 0) is 6.92 Å². The number of sulfonamides is 1. The summed E-state index contributed by atoms with van der Waals surface area (Å²) in [6, 6.07) is 0. The first-order chi connectivity index (χ1) is 9.41. The number of hydrogen-bond acceptors (Lipinski definition) is 5. The van der Waals surface area contributed by atoms with Gasteiger partial charge in [0.25, 0.3) is 10.0 Å². The van der Waals surface area contributed by atoms with E-state index in [1.54, 1.807) is 11.8 Å². The molecule has 1 amide bonds. The molecule has 1 aliphatic rings. The first kappa shape index (κ1) is 14.9. The summed E-state index contributed by atoms with van der Waals surface area (Å²) in [6.45, 7) is 4.20. The van der Waals surface area contributed by atoms with Crippen molar-refractivity contribution in [2.45, 2.75) is 11.9 Å². The molecule has 1 fully saturated rings. The smallest absolute Gasteiger partial charge is 0.260 e. The third kappa shape index (κ3) is 3.17. The lowest BCUT2D eigenvalue weighted by Crippen LogP contribution is -2.49. The molecular formula is C11H19N5O3S. The highest BCUT2D eigenvalue weighted by Gasteiger charge is 2.27. The Morgan fingerprint density at radius 2 is 2.10 bits per heavy atom. The van der Waals surface area contributed by atoms with Gasteiger partial charge in [-0.3, -0.25) is 4.79 Å². The zero-order valence-electron chi connectivity index (χ0n) is 11.6. The number of carbonyl (C=O) groups is 1. The lowest BCUT2D eigenvalue weighted by molar-refractivity contribution is -0.131. The number of imidazole rings is 1. The Morgan fingerprint density at radius 1 is 1.45 bits per heavy atom. The average Bonchev–Trinajstić information content (AvgIpc) is 2.87. The second-order valence-electron chi connectivity index (χ2n) is 4.72. The summed E-state index contributed by atoms with van der Waals surface area (Å²) in [4.78, 5) is 20.3. The number of aromatic nitrogens is 2. The molecule has 2 N–H and O–H groups in total. The second-order valence-corrected chi connectivity index (χ2v) is 6.74. The molecule has 20 heavy (non-hydrogen) atoms. The van der Waals surface area contributed by atoms with E-state index in [9.17, 15) is 13.2 Å². The molecule has 0 aliphatic carbocycles. The molecule has 0 atom stereocenters. The lowest BCUT2D eigenvalue weighted by atomic mass is 10.3. The minimum Gasteiger partial charge on any atom is -0.339 e. The van der Waals surface area contributed by atoms with Crippen LogP contribution in [0.1, 0.15) is 5.82 Å². The van der Waals surface area contributed by atoms with Crippen LogP contribution in [0.5, 0.6) is 0 Å². The van der Waals surface area contributed by atoms with Crippen LogP contribution in [0.15, 0.2) is 11.2 Å². The summed E-state index contributed by atoms with van der Waals surface area (Å²) in [7, 11) is -2.31. The van der Waals surface area contributed by atoms with Crippen LogP contribution in [0, 0.1) is 6.92 Å². The summed E-state index contributed by atoms with van der Waals surface area (Å²) in [5.74, 6) is 0.333. The Balaban J connectivity index is 2.03. The van der Waals surface area contributed by atoms with Crippen molar-refractivity contribution in [2.24, 2.45) is 0 Å². The van der Waals surface area contributed by atoms with Crippen molar-refractivity contribution in [3.05, 3.63) is 12.0 Å². The number of hydrogen-bond donors (Lipinski definition) is 2. The molecule has 0 radical (unpaired) electrons. The van der Waals surface area contributed by atoms with Gasteiger partial charge in [0.2, 0.25) is 5.91 Å². The number of H-pyrrole nitrogens is 1. The van der Waals surface area contributed by atoms with E-state index >= 15 is 0 Å². The van der Waals surface area contributed by atoms with Gasteiger partial charge < -0.3 is 15.2 Å². The predicted octanol–water partition coefficient (Wildman–Crippen LogP) is -1.23. The van der Waals surface area contributed by atoms with Gasteiger partial charge in [-0.15, -0.1) is 0 Å². The van der Waals surface area contributed by atoms with Crippen molar-refractivity contribution in [1.29, 1.82) is 0 Å². The maximum Gasteiger partial charge on any atom is 0.260 e. The Hall–Kier alpha value is -1.45. The van der Waals surface area contributed by atoms with Crippen LogP contribution in [0.3, 0.4) is 0 Å². The maximum atomic E-state index is 12.2. The summed E-state index contributed by atoms with van der Waals surface area (Å²) in [5, 5.41) is 3.15. The first-order valence-corrected chi connectivity index (χ1v) is 7.81. The minimum atomic E-state index is -3.70. The van der Waals surface area contributed by atoms with Crippen LogP contribution in [-0.2, 0) is 14.8 Å². The standard InChI is InChI=1S/C11H19N5O3S/c1-9-13-7-10(14-9)20(18,19)15(2)8-11(17)16-5-3-12-4-6-16/h7,12H,3-6,8H2,1-2H3,(H,13,14). The van der Waals surface area contributed by atoms with Crippen LogP contribution in [0.4, 0.5) is 0 Å². The highest BCUT2D eigenvalue weighted by Crippen LogP contribution is 2.11. The van der Waals surface area contributed by atoms with E-state index in [0.717, 1.165) is 17.4 Å². The van der Waals surface area contributed by atoms with E-state index in [0.29, 0.717) is 18.9 Å². The van der Waals surface area contributed by atoms with Gasteiger partial charge in [0.05, 0.1) is 12.7 Å². The summed E-state index contributed by atoms with van der Waals surface area (Å²) >= 11 is 0. The molecule has 1 aromatic heterocycles. The summed E-state index contributed by atoms with van der Waals surface area (Å²) < 4.78 is 25.5. The number of rotatable bonds is 4. The van der Waals surface area contributed by atoms with Gasteiger partial charge in [0.1, 0.15) is 5.82 Å². The third-order valence-corrected chi connectivity index (χ3v) is 4.91. The third-order valence-electron chi connectivity index (χ3n) is 3.20. The molecule has 0 aromatic carbocycles.